The van der Waals surface area contributed by atoms with Crippen molar-refractivity contribution in [1.29, 1.82) is 0 Å². The SMILES string of the molecule is CN1CCCCC1CN1CCC2(CC1)CC(=O)N(Cc1ccc(Cl)cc1)C2. The molecular weight excluding hydrogens is 358 g/mol. The number of amides is 1. The van der Waals surface area contributed by atoms with Crippen LogP contribution >= 0.6 is 11.6 Å². The molecule has 1 aromatic rings. The standard InChI is InChI=1S/C22H32ClN3O/c1-24-11-3-2-4-20(24)16-25-12-9-22(10-13-25)14-21(27)26(17-22)15-18-5-7-19(23)8-6-18/h5-8,20H,2-4,9-17H2,1H3. The molecule has 3 saturated heterocycles. The van der Waals surface area contributed by atoms with Gasteiger partial charge in [0.25, 0.3) is 0 Å². The van der Waals surface area contributed by atoms with Crippen LogP contribution in [0.3, 0.4) is 0 Å². The van der Waals surface area contributed by atoms with Crippen LogP contribution in [0.5, 0.6) is 0 Å². The summed E-state index contributed by atoms with van der Waals surface area (Å²) in [6, 6.07) is 8.61. The molecule has 0 N–H and O–H groups in total. The van der Waals surface area contributed by atoms with Gasteiger partial charge in [0.2, 0.25) is 5.91 Å². The van der Waals surface area contributed by atoms with Gasteiger partial charge in [-0.1, -0.05) is 30.2 Å². The molecular formula is C22H32ClN3O. The third-order valence-corrected chi connectivity index (χ3v) is 7.25. The van der Waals surface area contributed by atoms with Crippen molar-refractivity contribution in [1.82, 2.24) is 14.7 Å². The van der Waals surface area contributed by atoms with Crippen LogP contribution in [0.25, 0.3) is 0 Å². The molecule has 1 spiro atoms. The van der Waals surface area contributed by atoms with Crippen LogP contribution in [0, 0.1) is 5.41 Å². The van der Waals surface area contributed by atoms with Crippen LogP contribution in [0.1, 0.15) is 44.1 Å². The maximum absolute atomic E-state index is 12.6. The fourth-order valence-electron chi connectivity index (χ4n) is 5.15. The Kier molecular flexibility index (Phi) is 5.77. The quantitative estimate of drug-likeness (QED) is 0.786. The third kappa shape index (κ3) is 4.49. The minimum atomic E-state index is 0.207. The van der Waals surface area contributed by atoms with E-state index in [1.165, 1.54) is 37.9 Å². The smallest absolute Gasteiger partial charge is 0.223 e. The fourth-order valence-corrected chi connectivity index (χ4v) is 5.28. The lowest BCUT2D eigenvalue weighted by molar-refractivity contribution is -0.128. The number of piperidine rings is 2. The molecule has 0 aliphatic carbocycles. The number of carbonyl (C=O) groups excluding carboxylic acids is 1. The highest BCUT2D eigenvalue weighted by atomic mass is 35.5. The highest BCUT2D eigenvalue weighted by molar-refractivity contribution is 6.30. The number of hydrogen-bond donors (Lipinski definition) is 0. The number of halogens is 1. The van der Waals surface area contributed by atoms with Crippen molar-refractivity contribution in [2.45, 2.75) is 51.1 Å². The van der Waals surface area contributed by atoms with Gasteiger partial charge in [0.15, 0.2) is 0 Å². The lowest BCUT2D eigenvalue weighted by atomic mass is 9.77. The van der Waals surface area contributed by atoms with E-state index >= 15 is 0 Å². The summed E-state index contributed by atoms with van der Waals surface area (Å²) in [6.07, 6.45) is 7.12. The molecule has 27 heavy (non-hydrogen) atoms. The highest BCUT2D eigenvalue weighted by Gasteiger charge is 2.44. The van der Waals surface area contributed by atoms with E-state index in [9.17, 15) is 4.79 Å². The lowest BCUT2D eigenvalue weighted by Crippen LogP contribution is -2.49. The Morgan fingerprint density at radius 1 is 1.11 bits per heavy atom. The first kappa shape index (κ1) is 19.2. The Labute approximate surface area is 168 Å². The first-order valence-corrected chi connectivity index (χ1v) is 10.9. The molecule has 3 fully saturated rings. The number of hydrogen-bond acceptors (Lipinski definition) is 3. The molecule has 3 heterocycles. The normalized spacial score (nSPS) is 26.8. The van der Waals surface area contributed by atoms with E-state index in [-0.39, 0.29) is 5.41 Å². The molecule has 4 rings (SSSR count). The van der Waals surface area contributed by atoms with Crippen LogP contribution in [0.4, 0.5) is 0 Å². The Bertz CT molecular complexity index is 654. The average molecular weight is 390 g/mol. The van der Waals surface area contributed by atoms with E-state index < -0.39 is 0 Å². The molecule has 4 nitrogen and oxygen atoms in total. The maximum atomic E-state index is 12.6. The Hall–Kier alpha value is -1.10. The van der Waals surface area contributed by atoms with Crippen molar-refractivity contribution >= 4 is 17.5 Å². The average Bonchev–Trinajstić information content (AvgIpc) is 2.96. The van der Waals surface area contributed by atoms with Gasteiger partial charge in [0.05, 0.1) is 0 Å². The molecule has 1 aromatic carbocycles. The fraction of sp³-hybridized carbons (Fsp3) is 0.682. The summed E-state index contributed by atoms with van der Waals surface area (Å²) in [7, 11) is 2.28. The minimum absolute atomic E-state index is 0.207. The number of likely N-dealkylation sites (tertiary alicyclic amines) is 3. The van der Waals surface area contributed by atoms with Crippen molar-refractivity contribution < 1.29 is 4.79 Å². The van der Waals surface area contributed by atoms with Gasteiger partial charge in [-0.2, -0.15) is 0 Å². The second kappa shape index (κ2) is 8.10. The Balaban J connectivity index is 1.30. The Morgan fingerprint density at radius 2 is 1.85 bits per heavy atom. The second-order valence-corrected chi connectivity index (χ2v) is 9.42. The van der Waals surface area contributed by atoms with Crippen LogP contribution in [0.2, 0.25) is 5.02 Å². The van der Waals surface area contributed by atoms with Gasteiger partial charge in [-0.05, 0) is 75.5 Å². The minimum Gasteiger partial charge on any atom is -0.338 e. The Morgan fingerprint density at radius 3 is 2.56 bits per heavy atom. The number of benzene rings is 1. The molecule has 1 amide bonds. The van der Waals surface area contributed by atoms with E-state index in [1.807, 2.05) is 24.3 Å². The molecule has 148 valence electrons. The van der Waals surface area contributed by atoms with Crippen LogP contribution in [-0.4, -0.2) is 66.4 Å². The van der Waals surface area contributed by atoms with Gasteiger partial charge in [0.1, 0.15) is 0 Å². The molecule has 5 heteroatoms. The zero-order valence-electron chi connectivity index (χ0n) is 16.5. The molecule has 1 atom stereocenters. The number of nitrogens with zero attached hydrogens (tertiary/aromatic N) is 3. The molecule has 0 aromatic heterocycles. The summed E-state index contributed by atoms with van der Waals surface area (Å²) >= 11 is 5.98. The van der Waals surface area contributed by atoms with Crippen LogP contribution < -0.4 is 0 Å². The second-order valence-electron chi connectivity index (χ2n) is 8.98. The number of rotatable bonds is 4. The molecule has 1 unspecified atom stereocenters. The summed E-state index contributed by atoms with van der Waals surface area (Å²) in [5.74, 6) is 0.324. The van der Waals surface area contributed by atoms with Gasteiger partial charge < -0.3 is 14.7 Å². The van der Waals surface area contributed by atoms with Gasteiger partial charge in [-0.25, -0.2) is 0 Å². The summed E-state index contributed by atoms with van der Waals surface area (Å²) in [4.78, 5) is 19.9. The highest BCUT2D eigenvalue weighted by Crippen LogP contribution is 2.41. The van der Waals surface area contributed by atoms with E-state index in [0.717, 1.165) is 50.0 Å². The molecule has 0 radical (unpaired) electrons. The third-order valence-electron chi connectivity index (χ3n) is 7.00. The number of likely N-dealkylation sites (N-methyl/N-ethyl adjacent to an activating group) is 1. The first-order valence-electron chi connectivity index (χ1n) is 10.5. The number of carbonyl (C=O) groups is 1. The van der Waals surface area contributed by atoms with Gasteiger partial charge in [-0.15, -0.1) is 0 Å². The van der Waals surface area contributed by atoms with Crippen molar-refractivity contribution in [3.05, 3.63) is 34.9 Å². The topological polar surface area (TPSA) is 26.8 Å². The molecule has 3 aliphatic heterocycles. The van der Waals surface area contributed by atoms with Crippen molar-refractivity contribution in [2.24, 2.45) is 5.41 Å². The van der Waals surface area contributed by atoms with Gasteiger partial charge >= 0.3 is 0 Å². The van der Waals surface area contributed by atoms with Gasteiger partial charge in [0, 0.05) is 37.1 Å². The zero-order chi connectivity index (χ0) is 18.9. The monoisotopic (exact) mass is 389 g/mol. The largest absolute Gasteiger partial charge is 0.338 e. The van der Waals surface area contributed by atoms with Crippen molar-refractivity contribution in [2.75, 3.05) is 39.8 Å². The van der Waals surface area contributed by atoms with Crippen LogP contribution in [-0.2, 0) is 11.3 Å². The van der Waals surface area contributed by atoms with Crippen molar-refractivity contribution in [3.8, 4) is 0 Å². The summed E-state index contributed by atoms with van der Waals surface area (Å²) in [5.41, 5.74) is 1.38. The summed E-state index contributed by atoms with van der Waals surface area (Å²) < 4.78 is 0. The van der Waals surface area contributed by atoms with E-state index in [0.29, 0.717) is 12.5 Å². The van der Waals surface area contributed by atoms with E-state index in [1.54, 1.807) is 0 Å². The molecule has 0 bridgehead atoms. The predicted molar refractivity (Wildman–Crippen MR) is 110 cm³/mol. The lowest BCUT2D eigenvalue weighted by Gasteiger charge is -2.42. The summed E-state index contributed by atoms with van der Waals surface area (Å²) in [6.45, 7) is 6.38. The zero-order valence-corrected chi connectivity index (χ0v) is 17.3. The first-order chi connectivity index (χ1) is 13.0. The van der Waals surface area contributed by atoms with Gasteiger partial charge in [-0.3, -0.25) is 4.79 Å². The summed E-state index contributed by atoms with van der Waals surface area (Å²) in [5, 5.41) is 0.749. The van der Waals surface area contributed by atoms with E-state index in [4.69, 9.17) is 11.6 Å². The van der Waals surface area contributed by atoms with Crippen molar-refractivity contribution in [3.63, 3.8) is 0 Å². The maximum Gasteiger partial charge on any atom is 0.223 e. The molecule has 0 saturated carbocycles. The van der Waals surface area contributed by atoms with E-state index in [2.05, 4.69) is 21.7 Å². The van der Waals surface area contributed by atoms with Crippen LogP contribution in [0.15, 0.2) is 24.3 Å². The molecule has 3 aliphatic rings. The predicted octanol–water partition coefficient (Wildman–Crippen LogP) is 3.64.